The Bertz CT molecular complexity index is 724. The molecular formula is C21H26N2O3. The highest BCUT2D eigenvalue weighted by atomic mass is 16.5. The Kier molecular flexibility index (Phi) is 7.21. The van der Waals surface area contributed by atoms with Crippen molar-refractivity contribution >= 4 is 11.8 Å². The molecule has 5 nitrogen and oxygen atoms in total. The van der Waals surface area contributed by atoms with Crippen LogP contribution in [0.25, 0.3) is 0 Å². The molecule has 0 radical (unpaired) electrons. The van der Waals surface area contributed by atoms with E-state index in [1.54, 1.807) is 0 Å². The molecule has 0 fully saturated rings. The topological polar surface area (TPSA) is 67.4 Å². The van der Waals surface area contributed by atoms with E-state index < -0.39 is 0 Å². The minimum Gasteiger partial charge on any atom is -0.492 e. The second-order valence-corrected chi connectivity index (χ2v) is 6.38. The third-order valence-corrected chi connectivity index (χ3v) is 3.96. The predicted molar refractivity (Wildman–Crippen MR) is 102 cm³/mol. The number of hydrogen-bond donors (Lipinski definition) is 2. The Balaban J connectivity index is 1.81. The number of benzene rings is 2. The summed E-state index contributed by atoms with van der Waals surface area (Å²) in [4.78, 5) is 23.7. The molecule has 2 rings (SSSR count). The summed E-state index contributed by atoms with van der Waals surface area (Å²) in [6, 6.07) is 15.2. The standard InChI is InChI=1S/C21H26N2O3/c1-15-4-8-18(9-5-15)20(23-17(3)24)14-21(25)22-12-13-26-19-10-6-16(2)7-11-19/h4-11,20H,12-14H2,1-3H3,(H,22,25)(H,23,24). The van der Waals surface area contributed by atoms with Crippen molar-refractivity contribution in [2.45, 2.75) is 33.2 Å². The van der Waals surface area contributed by atoms with E-state index in [0.29, 0.717) is 13.2 Å². The van der Waals surface area contributed by atoms with Gasteiger partial charge in [0, 0.05) is 6.92 Å². The first-order valence-electron chi connectivity index (χ1n) is 8.74. The predicted octanol–water partition coefficient (Wildman–Crippen LogP) is 3.07. The summed E-state index contributed by atoms with van der Waals surface area (Å²) in [6.07, 6.45) is 0.188. The smallest absolute Gasteiger partial charge is 0.222 e. The Morgan fingerprint density at radius 2 is 1.54 bits per heavy atom. The lowest BCUT2D eigenvalue weighted by atomic mass is 10.0. The van der Waals surface area contributed by atoms with Crippen LogP contribution in [0, 0.1) is 13.8 Å². The van der Waals surface area contributed by atoms with E-state index in [-0.39, 0.29) is 24.3 Å². The first-order valence-corrected chi connectivity index (χ1v) is 8.74. The third-order valence-electron chi connectivity index (χ3n) is 3.96. The summed E-state index contributed by atoms with van der Waals surface area (Å²) in [6.45, 7) is 6.27. The fraction of sp³-hybridized carbons (Fsp3) is 0.333. The van der Waals surface area contributed by atoms with Gasteiger partial charge in [-0.2, -0.15) is 0 Å². The molecule has 0 saturated carbocycles. The lowest BCUT2D eigenvalue weighted by Crippen LogP contribution is -2.34. The Labute approximate surface area is 154 Å². The zero-order chi connectivity index (χ0) is 18.9. The Morgan fingerprint density at radius 1 is 0.962 bits per heavy atom. The van der Waals surface area contributed by atoms with Gasteiger partial charge >= 0.3 is 0 Å². The molecule has 138 valence electrons. The number of carbonyl (C=O) groups excluding carboxylic acids is 2. The summed E-state index contributed by atoms with van der Waals surface area (Å²) >= 11 is 0. The lowest BCUT2D eigenvalue weighted by molar-refractivity contribution is -0.122. The second-order valence-electron chi connectivity index (χ2n) is 6.38. The van der Waals surface area contributed by atoms with E-state index in [1.165, 1.54) is 12.5 Å². The van der Waals surface area contributed by atoms with Crippen molar-refractivity contribution < 1.29 is 14.3 Å². The average Bonchev–Trinajstić information content (AvgIpc) is 2.60. The quantitative estimate of drug-likeness (QED) is 0.716. The second kappa shape index (κ2) is 9.61. The van der Waals surface area contributed by atoms with Gasteiger partial charge in [-0.15, -0.1) is 0 Å². The van der Waals surface area contributed by atoms with Crippen LogP contribution >= 0.6 is 0 Å². The van der Waals surface area contributed by atoms with Gasteiger partial charge in [-0.05, 0) is 31.5 Å². The fourth-order valence-electron chi connectivity index (χ4n) is 2.55. The van der Waals surface area contributed by atoms with Crippen LogP contribution in [0.5, 0.6) is 5.75 Å². The van der Waals surface area contributed by atoms with Gasteiger partial charge in [0.2, 0.25) is 11.8 Å². The molecule has 2 amide bonds. The molecule has 0 heterocycles. The van der Waals surface area contributed by atoms with Crippen molar-refractivity contribution in [3.8, 4) is 5.75 Å². The molecule has 2 N–H and O–H groups in total. The summed E-state index contributed by atoms with van der Waals surface area (Å²) < 4.78 is 5.59. The number of carbonyl (C=O) groups is 2. The van der Waals surface area contributed by atoms with Gasteiger partial charge in [-0.25, -0.2) is 0 Å². The van der Waals surface area contributed by atoms with Gasteiger partial charge in [0.15, 0.2) is 0 Å². The molecular weight excluding hydrogens is 328 g/mol. The monoisotopic (exact) mass is 354 g/mol. The molecule has 0 spiro atoms. The molecule has 0 aliphatic carbocycles. The number of rotatable bonds is 8. The summed E-state index contributed by atoms with van der Waals surface area (Å²) in [7, 11) is 0. The van der Waals surface area contributed by atoms with E-state index in [0.717, 1.165) is 16.9 Å². The number of ether oxygens (including phenoxy) is 1. The first-order chi connectivity index (χ1) is 12.4. The zero-order valence-electron chi connectivity index (χ0n) is 15.5. The summed E-state index contributed by atoms with van der Waals surface area (Å²) in [5.41, 5.74) is 3.22. The van der Waals surface area contributed by atoms with Crippen molar-refractivity contribution in [3.05, 3.63) is 65.2 Å². The molecule has 0 aromatic heterocycles. The zero-order valence-corrected chi connectivity index (χ0v) is 15.5. The van der Waals surface area contributed by atoms with E-state index in [1.807, 2.05) is 62.4 Å². The van der Waals surface area contributed by atoms with Crippen LogP contribution in [0.4, 0.5) is 0 Å². The van der Waals surface area contributed by atoms with E-state index in [2.05, 4.69) is 10.6 Å². The molecule has 26 heavy (non-hydrogen) atoms. The van der Waals surface area contributed by atoms with Crippen LogP contribution in [-0.4, -0.2) is 25.0 Å². The molecule has 0 bridgehead atoms. The molecule has 2 aromatic carbocycles. The maximum Gasteiger partial charge on any atom is 0.222 e. The van der Waals surface area contributed by atoms with Gasteiger partial charge < -0.3 is 15.4 Å². The highest BCUT2D eigenvalue weighted by molar-refractivity contribution is 5.79. The molecule has 5 heteroatoms. The SMILES string of the molecule is CC(=O)NC(CC(=O)NCCOc1ccc(C)cc1)c1ccc(C)cc1. The largest absolute Gasteiger partial charge is 0.492 e. The van der Waals surface area contributed by atoms with Gasteiger partial charge in [0.25, 0.3) is 0 Å². The maximum atomic E-state index is 12.2. The summed E-state index contributed by atoms with van der Waals surface area (Å²) in [5.74, 6) is 0.489. The minimum absolute atomic E-state index is 0.128. The highest BCUT2D eigenvalue weighted by Gasteiger charge is 2.16. The molecule has 1 unspecified atom stereocenters. The first kappa shape index (κ1) is 19.5. The number of nitrogens with one attached hydrogen (secondary N) is 2. The number of aryl methyl sites for hydroxylation is 2. The van der Waals surface area contributed by atoms with Crippen LogP contribution in [0.2, 0.25) is 0 Å². The van der Waals surface area contributed by atoms with Crippen molar-refractivity contribution in [2.24, 2.45) is 0 Å². The Hall–Kier alpha value is -2.82. The van der Waals surface area contributed by atoms with E-state index in [4.69, 9.17) is 4.74 Å². The minimum atomic E-state index is -0.342. The van der Waals surface area contributed by atoms with Crippen LogP contribution in [0.1, 0.15) is 36.1 Å². The normalized spacial score (nSPS) is 11.5. The average molecular weight is 354 g/mol. The Morgan fingerprint density at radius 3 is 2.12 bits per heavy atom. The van der Waals surface area contributed by atoms with Crippen LogP contribution in [0.15, 0.2) is 48.5 Å². The summed E-state index contributed by atoms with van der Waals surface area (Å²) in [5, 5.41) is 5.67. The van der Waals surface area contributed by atoms with E-state index >= 15 is 0 Å². The lowest BCUT2D eigenvalue weighted by Gasteiger charge is -2.18. The molecule has 2 aromatic rings. The maximum absolute atomic E-state index is 12.2. The third kappa shape index (κ3) is 6.59. The van der Waals surface area contributed by atoms with Gasteiger partial charge in [-0.1, -0.05) is 47.5 Å². The number of hydrogen-bond acceptors (Lipinski definition) is 3. The van der Waals surface area contributed by atoms with Crippen molar-refractivity contribution in [1.82, 2.24) is 10.6 Å². The van der Waals surface area contributed by atoms with Gasteiger partial charge in [0.05, 0.1) is 19.0 Å². The van der Waals surface area contributed by atoms with Gasteiger partial charge in [-0.3, -0.25) is 9.59 Å². The van der Waals surface area contributed by atoms with E-state index in [9.17, 15) is 9.59 Å². The van der Waals surface area contributed by atoms with Crippen LogP contribution in [0.3, 0.4) is 0 Å². The van der Waals surface area contributed by atoms with Crippen molar-refractivity contribution in [1.29, 1.82) is 0 Å². The van der Waals surface area contributed by atoms with Crippen LogP contribution < -0.4 is 15.4 Å². The van der Waals surface area contributed by atoms with Gasteiger partial charge in [0.1, 0.15) is 12.4 Å². The van der Waals surface area contributed by atoms with Crippen molar-refractivity contribution in [2.75, 3.05) is 13.2 Å². The molecule has 0 aliphatic heterocycles. The number of amides is 2. The molecule has 1 atom stereocenters. The highest BCUT2D eigenvalue weighted by Crippen LogP contribution is 2.17. The van der Waals surface area contributed by atoms with Crippen LogP contribution in [-0.2, 0) is 9.59 Å². The molecule has 0 aliphatic rings. The molecule has 0 saturated heterocycles. The fourth-order valence-corrected chi connectivity index (χ4v) is 2.55. The van der Waals surface area contributed by atoms with Crippen molar-refractivity contribution in [3.63, 3.8) is 0 Å².